The quantitative estimate of drug-likeness (QED) is 0.555. The smallest absolute Gasteiger partial charge is 0.698 e. The molecule has 0 aliphatic rings. The van der Waals surface area contributed by atoms with Crippen molar-refractivity contribution in [2.24, 2.45) is 0 Å². The Hall–Kier alpha value is -0.383. The Morgan fingerprint density at radius 1 is 1.08 bits per heavy atom. The van der Waals surface area contributed by atoms with Gasteiger partial charge in [-0.2, -0.15) is 0 Å². The summed E-state index contributed by atoms with van der Waals surface area (Å²) >= 11 is 0. The third-order valence-corrected chi connectivity index (χ3v) is 2.00. The molecule has 0 radical (unpaired) electrons. The van der Waals surface area contributed by atoms with Gasteiger partial charge in [-0.15, -0.1) is 5.69 Å². The predicted molar refractivity (Wildman–Crippen MR) is 49.2 cm³/mol. The van der Waals surface area contributed by atoms with Crippen LogP contribution in [0, 0.1) is 0 Å². The second-order valence-electron chi connectivity index (χ2n) is 2.66. The van der Waals surface area contributed by atoms with Gasteiger partial charge in [0.05, 0.1) is 0 Å². The maximum absolute atomic E-state index is 7.75. The van der Waals surface area contributed by atoms with Gasteiger partial charge in [-0.25, -0.2) is 0 Å². The molecule has 1 aromatic rings. The van der Waals surface area contributed by atoms with Crippen molar-refractivity contribution in [3.8, 4) is 0 Å². The molecule has 1 nitrogen and oxygen atoms in total. The van der Waals surface area contributed by atoms with Crippen LogP contribution in [-0.4, -0.2) is 0 Å². The molecule has 0 heterocycles. The van der Waals surface area contributed by atoms with E-state index < -0.39 is 0 Å². The molecule has 0 saturated carbocycles. The molecule has 1 N–H and O–H groups in total. The molecule has 0 atom stereocenters. The summed E-state index contributed by atoms with van der Waals surface area (Å²) in [6.07, 6.45) is 1.93. The molecule has 1 aromatic carbocycles. The summed E-state index contributed by atoms with van der Waals surface area (Å²) in [4.78, 5) is 0. The van der Waals surface area contributed by atoms with Gasteiger partial charge in [0.2, 0.25) is 0 Å². The van der Waals surface area contributed by atoms with Gasteiger partial charge in [-0.3, -0.25) is 0 Å². The normalized spacial score (nSPS) is 9.17. The third-order valence-electron chi connectivity index (χ3n) is 2.00. The molecule has 0 unspecified atom stereocenters. The molecule has 0 aliphatic heterocycles. The predicted octanol–water partition coefficient (Wildman–Crippen LogP) is 0.499. The number of hydrogen-bond donors (Lipinski definition) is 0. The summed E-state index contributed by atoms with van der Waals surface area (Å²) in [5, 5.41) is 0. The monoisotopic (exact) mass is 155 g/mol. The van der Waals surface area contributed by atoms with E-state index in [-0.39, 0.29) is 18.9 Å². The summed E-state index contributed by atoms with van der Waals surface area (Å²) in [5.74, 6) is 0. The van der Waals surface area contributed by atoms with Crippen molar-refractivity contribution >= 4 is 5.69 Å². The average molecular weight is 155 g/mol. The molecule has 12 heavy (non-hydrogen) atoms. The van der Waals surface area contributed by atoms with Crippen LogP contribution in [0.4, 0.5) is 5.69 Å². The molecule has 2 heteroatoms. The van der Waals surface area contributed by atoms with E-state index in [4.69, 9.17) is 5.73 Å². The first-order valence-electron chi connectivity index (χ1n) is 4.12. The van der Waals surface area contributed by atoms with Gasteiger partial charge in [0.15, 0.2) is 0 Å². The molecule has 0 saturated heterocycles. The zero-order valence-corrected chi connectivity index (χ0v) is 8.15. The summed E-state index contributed by atoms with van der Waals surface area (Å²) in [6, 6.07) is 6.10. The largest absolute Gasteiger partial charge is 1.00 e. The van der Waals surface area contributed by atoms with Crippen LogP contribution in [0.25, 0.3) is 5.73 Å². The van der Waals surface area contributed by atoms with E-state index in [0.717, 1.165) is 29.7 Å². The molecule has 0 aliphatic carbocycles. The Bertz CT molecular complexity index is 223. The molecule has 0 spiro atoms. The van der Waals surface area contributed by atoms with Crippen molar-refractivity contribution in [2.75, 3.05) is 0 Å². The molecular formula is C10H14LiN. The number of aryl methyl sites for hydroxylation is 2. The van der Waals surface area contributed by atoms with Crippen molar-refractivity contribution in [3.63, 3.8) is 0 Å². The van der Waals surface area contributed by atoms with Crippen molar-refractivity contribution < 1.29 is 18.9 Å². The molecule has 0 bridgehead atoms. The van der Waals surface area contributed by atoms with Gasteiger partial charge in [-0.1, -0.05) is 43.2 Å². The number of rotatable bonds is 2. The molecule has 1 rings (SSSR count). The first-order valence-corrected chi connectivity index (χ1v) is 4.12. The Labute approximate surface area is 86.5 Å². The van der Waals surface area contributed by atoms with E-state index in [1.54, 1.807) is 0 Å². The minimum Gasteiger partial charge on any atom is -0.698 e. The van der Waals surface area contributed by atoms with Gasteiger partial charge < -0.3 is 5.73 Å². The van der Waals surface area contributed by atoms with Gasteiger partial charge >= 0.3 is 18.9 Å². The van der Waals surface area contributed by atoms with E-state index in [0.29, 0.717) is 0 Å². The zero-order valence-electron chi connectivity index (χ0n) is 8.15. The summed E-state index contributed by atoms with van der Waals surface area (Å²) in [5.41, 5.74) is 10.8. The molecular weight excluding hydrogens is 141 g/mol. The van der Waals surface area contributed by atoms with Crippen molar-refractivity contribution in [3.05, 3.63) is 35.1 Å². The first kappa shape index (κ1) is 11.6. The van der Waals surface area contributed by atoms with Crippen LogP contribution in [0.5, 0.6) is 0 Å². The fraction of sp³-hybridized carbons (Fsp3) is 0.400. The Kier molecular flexibility index (Phi) is 5.13. The van der Waals surface area contributed by atoms with Crippen LogP contribution >= 0.6 is 0 Å². The van der Waals surface area contributed by atoms with E-state index in [2.05, 4.69) is 13.8 Å². The van der Waals surface area contributed by atoms with Gasteiger partial charge in [0.25, 0.3) is 0 Å². The minimum absolute atomic E-state index is 0. The molecule has 0 amide bonds. The maximum Gasteiger partial charge on any atom is 1.00 e. The van der Waals surface area contributed by atoms with E-state index in [1.807, 2.05) is 18.2 Å². The molecule has 0 fully saturated rings. The standard InChI is InChI=1S/C10H14N.Li/c1-3-8-6-5-7-9(4-2)10(8)11;/h5-7,11H,3-4H2,1-2H3;/q-1;+1. The fourth-order valence-corrected chi connectivity index (χ4v) is 1.24. The van der Waals surface area contributed by atoms with Crippen LogP contribution in [0.1, 0.15) is 25.0 Å². The van der Waals surface area contributed by atoms with Crippen LogP contribution < -0.4 is 18.9 Å². The first-order chi connectivity index (χ1) is 5.29. The number of benzene rings is 1. The summed E-state index contributed by atoms with van der Waals surface area (Å²) in [6.45, 7) is 4.18. The maximum atomic E-state index is 7.75. The molecule has 0 aromatic heterocycles. The SMILES string of the molecule is CCc1cccc(CC)c1[NH-].[Li+]. The Morgan fingerprint density at radius 3 is 1.83 bits per heavy atom. The van der Waals surface area contributed by atoms with Gasteiger partial charge in [0, 0.05) is 0 Å². The third kappa shape index (κ3) is 2.30. The van der Waals surface area contributed by atoms with Gasteiger partial charge in [0.1, 0.15) is 0 Å². The Balaban J connectivity index is 0.00000121. The van der Waals surface area contributed by atoms with Crippen LogP contribution in [0.3, 0.4) is 0 Å². The van der Waals surface area contributed by atoms with Crippen molar-refractivity contribution in [2.45, 2.75) is 26.7 Å². The number of nitrogens with one attached hydrogen (secondary N) is 1. The van der Waals surface area contributed by atoms with Crippen molar-refractivity contribution in [1.82, 2.24) is 0 Å². The van der Waals surface area contributed by atoms with E-state index in [1.165, 1.54) is 0 Å². The fourth-order valence-electron chi connectivity index (χ4n) is 1.24. The van der Waals surface area contributed by atoms with Crippen molar-refractivity contribution in [1.29, 1.82) is 0 Å². The van der Waals surface area contributed by atoms with Crippen LogP contribution in [0.15, 0.2) is 18.2 Å². The van der Waals surface area contributed by atoms with E-state index >= 15 is 0 Å². The zero-order chi connectivity index (χ0) is 8.27. The average Bonchev–Trinajstić information content (AvgIpc) is 2.05. The topological polar surface area (TPSA) is 23.8 Å². The van der Waals surface area contributed by atoms with Crippen LogP contribution in [0.2, 0.25) is 0 Å². The summed E-state index contributed by atoms with van der Waals surface area (Å²) < 4.78 is 0. The van der Waals surface area contributed by atoms with Crippen LogP contribution in [-0.2, 0) is 12.8 Å². The second-order valence-corrected chi connectivity index (χ2v) is 2.66. The second kappa shape index (κ2) is 5.30. The summed E-state index contributed by atoms with van der Waals surface area (Å²) in [7, 11) is 0. The molecule has 60 valence electrons. The van der Waals surface area contributed by atoms with E-state index in [9.17, 15) is 0 Å². The number of hydrogen-bond acceptors (Lipinski definition) is 0. The minimum atomic E-state index is 0. The Morgan fingerprint density at radius 2 is 1.50 bits per heavy atom. The van der Waals surface area contributed by atoms with Gasteiger partial charge in [-0.05, 0) is 12.8 Å².